The largest absolute Gasteiger partial charge is 0.497 e. The molecule has 23 heavy (non-hydrogen) atoms. The Hall–Kier alpha value is -2.14. The minimum absolute atomic E-state index is 0.0814. The summed E-state index contributed by atoms with van der Waals surface area (Å²) in [5, 5.41) is 2.67. The Morgan fingerprint density at radius 1 is 1.09 bits per heavy atom. The van der Waals surface area contributed by atoms with E-state index in [0.717, 1.165) is 4.90 Å². The molecule has 1 N–H and O–H groups in total. The number of ether oxygens (including phenoxy) is 2. The smallest absolute Gasteiger partial charge is 0.237 e. The zero-order chi connectivity index (χ0) is 16.8. The average molecular weight is 331 g/mol. The lowest BCUT2D eigenvalue weighted by atomic mass is 10.2. The molecule has 1 amide bonds. The second kappa shape index (κ2) is 7.92. The first-order chi connectivity index (χ1) is 11.0. The minimum Gasteiger partial charge on any atom is -0.497 e. The lowest BCUT2D eigenvalue weighted by molar-refractivity contribution is -0.115. The number of carbonyl (C=O) groups excluding carboxylic acids is 1. The predicted octanol–water partition coefficient (Wildman–Crippen LogP) is 4.13. The normalized spacial score (nSPS) is 11.7. The van der Waals surface area contributed by atoms with Gasteiger partial charge in [0, 0.05) is 11.0 Å². The van der Waals surface area contributed by atoms with Crippen molar-refractivity contribution in [2.75, 3.05) is 19.5 Å². The van der Waals surface area contributed by atoms with Gasteiger partial charge in [0.25, 0.3) is 0 Å². The van der Waals surface area contributed by atoms with Gasteiger partial charge in [-0.3, -0.25) is 4.79 Å². The maximum atomic E-state index is 12.4. The number of nitrogens with one attached hydrogen (secondary N) is 1. The van der Waals surface area contributed by atoms with Crippen LogP contribution in [0.2, 0.25) is 0 Å². The molecule has 0 spiro atoms. The van der Waals surface area contributed by atoms with E-state index in [4.69, 9.17) is 9.47 Å². The summed E-state index contributed by atoms with van der Waals surface area (Å²) in [6.07, 6.45) is 0. The molecule has 0 saturated heterocycles. The molecule has 0 heterocycles. The van der Waals surface area contributed by atoms with E-state index in [9.17, 15) is 4.79 Å². The molecule has 122 valence electrons. The van der Waals surface area contributed by atoms with Gasteiger partial charge in [0.1, 0.15) is 11.5 Å². The Balaban J connectivity index is 2.07. The molecule has 0 fully saturated rings. The topological polar surface area (TPSA) is 47.6 Å². The van der Waals surface area contributed by atoms with Crippen LogP contribution in [0.25, 0.3) is 0 Å². The lowest BCUT2D eigenvalue weighted by Crippen LogP contribution is -2.22. The molecule has 4 nitrogen and oxygen atoms in total. The van der Waals surface area contributed by atoms with E-state index in [0.29, 0.717) is 17.2 Å². The third-order valence-electron chi connectivity index (χ3n) is 3.37. The van der Waals surface area contributed by atoms with Crippen molar-refractivity contribution in [2.24, 2.45) is 0 Å². The monoisotopic (exact) mass is 331 g/mol. The van der Waals surface area contributed by atoms with Gasteiger partial charge in [-0.15, -0.1) is 11.8 Å². The molecule has 0 aliphatic heterocycles. The molecule has 5 heteroatoms. The first-order valence-corrected chi connectivity index (χ1v) is 8.17. The number of thioether (sulfide) groups is 1. The van der Waals surface area contributed by atoms with Gasteiger partial charge in [-0.05, 0) is 38.1 Å². The van der Waals surface area contributed by atoms with Crippen LogP contribution in [0.5, 0.6) is 11.5 Å². The van der Waals surface area contributed by atoms with Crippen molar-refractivity contribution in [2.45, 2.75) is 24.0 Å². The number of anilines is 1. The Morgan fingerprint density at radius 3 is 2.39 bits per heavy atom. The first-order valence-electron chi connectivity index (χ1n) is 7.29. The summed E-state index contributed by atoms with van der Waals surface area (Å²) in [6.45, 7) is 3.92. The number of methoxy groups -OCH3 is 2. The molecule has 0 saturated carbocycles. The molecule has 0 radical (unpaired) electrons. The second-order valence-electron chi connectivity index (χ2n) is 5.13. The summed E-state index contributed by atoms with van der Waals surface area (Å²) in [5.41, 5.74) is 1.81. The van der Waals surface area contributed by atoms with Gasteiger partial charge < -0.3 is 14.8 Å². The van der Waals surface area contributed by atoms with Gasteiger partial charge in [0.05, 0.1) is 25.2 Å². The third-order valence-corrected chi connectivity index (χ3v) is 4.48. The highest BCUT2D eigenvalue weighted by Crippen LogP contribution is 2.30. The van der Waals surface area contributed by atoms with E-state index in [1.54, 1.807) is 32.4 Å². The number of aryl methyl sites for hydroxylation is 1. The summed E-state index contributed by atoms with van der Waals surface area (Å²) in [7, 11) is 3.16. The molecule has 2 aromatic rings. The van der Waals surface area contributed by atoms with E-state index < -0.39 is 0 Å². The minimum atomic E-state index is -0.228. The zero-order valence-corrected chi connectivity index (χ0v) is 14.6. The van der Waals surface area contributed by atoms with Crippen LogP contribution in [0.3, 0.4) is 0 Å². The molecule has 0 aliphatic rings. The molecule has 0 aliphatic carbocycles. The van der Waals surface area contributed by atoms with Gasteiger partial charge in [-0.2, -0.15) is 0 Å². The van der Waals surface area contributed by atoms with Crippen LogP contribution in [-0.4, -0.2) is 25.4 Å². The van der Waals surface area contributed by atoms with Gasteiger partial charge in [0.15, 0.2) is 0 Å². The molecule has 2 rings (SSSR count). The summed E-state index contributed by atoms with van der Waals surface area (Å²) >= 11 is 1.52. The third kappa shape index (κ3) is 4.66. The van der Waals surface area contributed by atoms with Gasteiger partial charge in [0.2, 0.25) is 5.91 Å². The Labute approximate surface area is 141 Å². The SMILES string of the molecule is COc1ccc(OC)c(NC(=O)[C@H](C)Sc2ccc(C)cc2)c1. The van der Waals surface area contributed by atoms with Crippen LogP contribution in [0.1, 0.15) is 12.5 Å². The maximum Gasteiger partial charge on any atom is 0.237 e. The number of rotatable bonds is 6. The fourth-order valence-electron chi connectivity index (χ4n) is 2.02. The second-order valence-corrected chi connectivity index (χ2v) is 6.54. The van der Waals surface area contributed by atoms with Crippen molar-refractivity contribution in [3.8, 4) is 11.5 Å². The highest BCUT2D eigenvalue weighted by molar-refractivity contribution is 8.00. The zero-order valence-electron chi connectivity index (χ0n) is 13.8. The Bertz CT molecular complexity index is 670. The standard InChI is InChI=1S/C18H21NO3S/c1-12-5-8-15(9-6-12)23-13(2)18(20)19-16-11-14(21-3)7-10-17(16)22-4/h5-11,13H,1-4H3,(H,19,20)/t13-/m0/s1. The quantitative estimate of drug-likeness (QED) is 0.809. The Kier molecular flexibility index (Phi) is 5.93. The highest BCUT2D eigenvalue weighted by Gasteiger charge is 2.16. The molecule has 0 aromatic heterocycles. The van der Waals surface area contributed by atoms with Crippen LogP contribution in [-0.2, 0) is 4.79 Å². The number of carbonyl (C=O) groups is 1. The van der Waals surface area contributed by atoms with Gasteiger partial charge in [-0.1, -0.05) is 17.7 Å². The molecule has 0 bridgehead atoms. The summed E-state index contributed by atoms with van der Waals surface area (Å²) in [5.74, 6) is 1.19. The summed E-state index contributed by atoms with van der Waals surface area (Å²) in [6, 6.07) is 13.4. The first kappa shape index (κ1) is 17.2. The van der Waals surface area contributed by atoms with Crippen molar-refractivity contribution in [3.63, 3.8) is 0 Å². The maximum absolute atomic E-state index is 12.4. The van der Waals surface area contributed by atoms with E-state index in [1.165, 1.54) is 17.3 Å². The fraction of sp³-hybridized carbons (Fsp3) is 0.278. The van der Waals surface area contributed by atoms with Crippen LogP contribution in [0, 0.1) is 6.92 Å². The molecular formula is C18H21NO3S. The van der Waals surface area contributed by atoms with Crippen molar-refractivity contribution < 1.29 is 14.3 Å². The van der Waals surface area contributed by atoms with Crippen molar-refractivity contribution in [1.82, 2.24) is 0 Å². The molecule has 2 aromatic carbocycles. The van der Waals surface area contributed by atoms with E-state index in [2.05, 4.69) is 5.32 Å². The number of amides is 1. The van der Waals surface area contributed by atoms with Crippen molar-refractivity contribution in [1.29, 1.82) is 0 Å². The molecule has 1 atom stereocenters. The molecular weight excluding hydrogens is 310 g/mol. The number of hydrogen-bond donors (Lipinski definition) is 1. The van der Waals surface area contributed by atoms with Crippen LogP contribution in [0.4, 0.5) is 5.69 Å². The highest BCUT2D eigenvalue weighted by atomic mass is 32.2. The van der Waals surface area contributed by atoms with Crippen LogP contribution >= 0.6 is 11.8 Å². The van der Waals surface area contributed by atoms with E-state index >= 15 is 0 Å². The summed E-state index contributed by atoms with van der Waals surface area (Å²) < 4.78 is 10.5. The van der Waals surface area contributed by atoms with Crippen molar-refractivity contribution in [3.05, 3.63) is 48.0 Å². The predicted molar refractivity (Wildman–Crippen MR) is 94.7 cm³/mol. The number of hydrogen-bond acceptors (Lipinski definition) is 4. The van der Waals surface area contributed by atoms with E-state index in [1.807, 2.05) is 38.1 Å². The van der Waals surface area contributed by atoms with Crippen molar-refractivity contribution >= 4 is 23.4 Å². The number of benzene rings is 2. The fourth-order valence-corrected chi connectivity index (χ4v) is 2.89. The Morgan fingerprint density at radius 2 is 1.78 bits per heavy atom. The van der Waals surface area contributed by atoms with E-state index in [-0.39, 0.29) is 11.2 Å². The van der Waals surface area contributed by atoms with Gasteiger partial charge >= 0.3 is 0 Å². The summed E-state index contributed by atoms with van der Waals surface area (Å²) in [4.78, 5) is 13.5. The molecule has 0 unspecified atom stereocenters. The lowest BCUT2D eigenvalue weighted by Gasteiger charge is -2.15. The van der Waals surface area contributed by atoms with Crippen LogP contribution < -0.4 is 14.8 Å². The van der Waals surface area contributed by atoms with Crippen LogP contribution in [0.15, 0.2) is 47.4 Å². The van der Waals surface area contributed by atoms with Gasteiger partial charge in [-0.25, -0.2) is 0 Å². The average Bonchev–Trinajstić information content (AvgIpc) is 2.56.